The lowest BCUT2D eigenvalue weighted by molar-refractivity contribution is 0.486. The quantitative estimate of drug-likeness (QED) is 0.848. The van der Waals surface area contributed by atoms with Crippen LogP contribution in [0.2, 0.25) is 0 Å². The Morgan fingerprint density at radius 2 is 2.35 bits per heavy atom. The number of thiophene rings is 1. The summed E-state index contributed by atoms with van der Waals surface area (Å²) in [6.07, 6.45) is 1.18. The van der Waals surface area contributed by atoms with Gasteiger partial charge in [0.1, 0.15) is 4.70 Å². The Morgan fingerprint density at radius 1 is 1.65 bits per heavy atom. The molecule has 1 unspecified atom stereocenters. The third kappa shape index (κ3) is 1.77. The van der Waals surface area contributed by atoms with E-state index in [4.69, 9.17) is 12.2 Å². The van der Waals surface area contributed by atoms with Crippen LogP contribution in [0, 0.1) is 16.1 Å². The third-order valence-corrected chi connectivity index (χ3v) is 4.94. The Morgan fingerprint density at radius 3 is 3.00 bits per heavy atom. The summed E-state index contributed by atoms with van der Waals surface area (Å²) < 4.78 is 3.04. The molecule has 0 bridgehead atoms. The molecule has 2 heterocycles. The van der Waals surface area contributed by atoms with Crippen LogP contribution in [0.3, 0.4) is 0 Å². The van der Waals surface area contributed by atoms with E-state index in [1.165, 1.54) is 17.8 Å². The van der Waals surface area contributed by atoms with Crippen molar-refractivity contribution in [1.29, 1.82) is 0 Å². The molecule has 3 rings (SSSR count). The van der Waals surface area contributed by atoms with Gasteiger partial charge in [0.15, 0.2) is 4.77 Å². The number of aromatic amines is 1. The summed E-state index contributed by atoms with van der Waals surface area (Å²) in [5, 5.41) is 1.92. The SMILES string of the molecule is CC1(C)CC1Cn1c(=S)[nH]c2ccsc2c1=O. The molecule has 0 amide bonds. The van der Waals surface area contributed by atoms with Gasteiger partial charge >= 0.3 is 0 Å². The molecule has 0 spiro atoms. The summed E-state index contributed by atoms with van der Waals surface area (Å²) in [4.78, 5) is 15.4. The lowest BCUT2D eigenvalue weighted by Crippen LogP contribution is -2.23. The Hall–Kier alpha value is -0.940. The summed E-state index contributed by atoms with van der Waals surface area (Å²) in [6, 6.07) is 1.91. The Labute approximate surface area is 108 Å². The smallest absolute Gasteiger partial charge is 0.272 e. The van der Waals surface area contributed by atoms with Gasteiger partial charge in [-0.15, -0.1) is 11.3 Å². The van der Waals surface area contributed by atoms with E-state index in [0.29, 0.717) is 16.1 Å². The van der Waals surface area contributed by atoms with Crippen molar-refractivity contribution in [3.05, 3.63) is 26.6 Å². The van der Waals surface area contributed by atoms with E-state index in [9.17, 15) is 4.79 Å². The molecule has 90 valence electrons. The van der Waals surface area contributed by atoms with Crippen molar-refractivity contribution in [2.45, 2.75) is 26.8 Å². The normalized spacial score (nSPS) is 21.9. The van der Waals surface area contributed by atoms with Crippen molar-refractivity contribution in [1.82, 2.24) is 9.55 Å². The van der Waals surface area contributed by atoms with Gasteiger partial charge in [-0.3, -0.25) is 9.36 Å². The van der Waals surface area contributed by atoms with Crippen LogP contribution < -0.4 is 5.56 Å². The molecule has 1 aliphatic carbocycles. The molecule has 0 saturated heterocycles. The van der Waals surface area contributed by atoms with Crippen LogP contribution in [0.1, 0.15) is 20.3 Å². The highest BCUT2D eigenvalue weighted by atomic mass is 32.1. The fourth-order valence-electron chi connectivity index (χ4n) is 2.24. The van der Waals surface area contributed by atoms with Crippen LogP contribution in [-0.4, -0.2) is 9.55 Å². The minimum Gasteiger partial charge on any atom is -0.331 e. The first-order valence-electron chi connectivity index (χ1n) is 5.69. The fraction of sp³-hybridized carbons (Fsp3) is 0.500. The minimum absolute atomic E-state index is 0.0569. The number of hydrogen-bond acceptors (Lipinski definition) is 3. The molecule has 17 heavy (non-hydrogen) atoms. The van der Waals surface area contributed by atoms with Crippen LogP contribution in [0.15, 0.2) is 16.2 Å². The first kappa shape index (κ1) is 11.2. The van der Waals surface area contributed by atoms with Gasteiger partial charge in [-0.2, -0.15) is 0 Å². The highest BCUT2D eigenvalue weighted by Crippen LogP contribution is 2.52. The molecular weight excluding hydrogens is 252 g/mol. The van der Waals surface area contributed by atoms with Crippen molar-refractivity contribution in [3.63, 3.8) is 0 Å². The topological polar surface area (TPSA) is 37.8 Å². The molecule has 3 nitrogen and oxygen atoms in total. The summed E-state index contributed by atoms with van der Waals surface area (Å²) >= 11 is 6.74. The Balaban J connectivity index is 2.10. The molecule has 0 aromatic carbocycles. The maximum Gasteiger partial charge on any atom is 0.272 e. The summed E-state index contributed by atoms with van der Waals surface area (Å²) in [7, 11) is 0. The molecule has 1 fully saturated rings. The Kier molecular flexibility index (Phi) is 2.32. The van der Waals surface area contributed by atoms with E-state index in [2.05, 4.69) is 18.8 Å². The highest BCUT2D eigenvalue weighted by Gasteiger charge is 2.45. The Bertz CT molecular complexity index is 692. The number of fused-ring (bicyclic) bond motifs is 1. The van der Waals surface area contributed by atoms with Crippen molar-refractivity contribution in [3.8, 4) is 0 Å². The molecule has 1 saturated carbocycles. The molecule has 2 aromatic rings. The first-order valence-corrected chi connectivity index (χ1v) is 6.98. The van der Waals surface area contributed by atoms with Crippen LogP contribution >= 0.6 is 23.6 Å². The molecule has 0 radical (unpaired) electrons. The zero-order valence-electron chi connectivity index (χ0n) is 9.82. The predicted molar refractivity (Wildman–Crippen MR) is 73.2 cm³/mol. The number of hydrogen-bond donors (Lipinski definition) is 1. The number of nitrogens with one attached hydrogen (secondary N) is 1. The van der Waals surface area contributed by atoms with Gasteiger partial charge in [-0.1, -0.05) is 13.8 Å². The monoisotopic (exact) mass is 266 g/mol. The van der Waals surface area contributed by atoms with Crippen molar-refractivity contribution in [2.24, 2.45) is 11.3 Å². The van der Waals surface area contributed by atoms with Crippen molar-refractivity contribution < 1.29 is 0 Å². The fourth-order valence-corrected chi connectivity index (χ4v) is 3.31. The van der Waals surface area contributed by atoms with E-state index in [1.54, 1.807) is 4.57 Å². The second-order valence-electron chi connectivity index (χ2n) is 5.40. The van der Waals surface area contributed by atoms with Crippen LogP contribution in [0.4, 0.5) is 0 Å². The van der Waals surface area contributed by atoms with Gasteiger partial charge in [0.25, 0.3) is 5.56 Å². The number of aromatic nitrogens is 2. The summed E-state index contributed by atoms with van der Waals surface area (Å²) in [5.74, 6) is 0.577. The van der Waals surface area contributed by atoms with Gasteiger partial charge in [0, 0.05) is 6.54 Å². The lowest BCUT2D eigenvalue weighted by atomic mass is 10.1. The second-order valence-corrected chi connectivity index (χ2v) is 6.70. The van der Waals surface area contributed by atoms with Gasteiger partial charge in [0.2, 0.25) is 0 Å². The average molecular weight is 266 g/mol. The van der Waals surface area contributed by atoms with Crippen LogP contribution in [0.25, 0.3) is 10.2 Å². The van der Waals surface area contributed by atoms with Crippen LogP contribution in [0.5, 0.6) is 0 Å². The predicted octanol–water partition coefficient (Wildman–Crippen LogP) is 3.17. The lowest BCUT2D eigenvalue weighted by Gasteiger charge is -2.07. The minimum atomic E-state index is 0.0569. The molecule has 2 aromatic heterocycles. The van der Waals surface area contributed by atoms with Crippen LogP contribution in [-0.2, 0) is 6.54 Å². The average Bonchev–Trinajstić information content (AvgIpc) is 2.67. The van der Waals surface area contributed by atoms with E-state index >= 15 is 0 Å². The van der Waals surface area contributed by atoms with Gasteiger partial charge in [-0.25, -0.2) is 0 Å². The van der Waals surface area contributed by atoms with Gasteiger partial charge in [-0.05, 0) is 41.4 Å². The van der Waals surface area contributed by atoms with E-state index < -0.39 is 0 Å². The standard InChI is InChI=1S/C12H14N2OS2/c1-12(2)5-7(12)6-14-10(15)9-8(3-4-17-9)13-11(14)16/h3-4,7H,5-6H2,1-2H3,(H,13,16). The van der Waals surface area contributed by atoms with E-state index in [-0.39, 0.29) is 5.56 Å². The molecule has 1 aliphatic rings. The third-order valence-electron chi connectivity index (χ3n) is 3.71. The molecule has 5 heteroatoms. The molecular formula is C12H14N2OS2. The van der Waals surface area contributed by atoms with E-state index in [1.807, 2.05) is 11.4 Å². The number of H-pyrrole nitrogens is 1. The van der Waals surface area contributed by atoms with Crippen molar-refractivity contribution in [2.75, 3.05) is 0 Å². The molecule has 1 N–H and O–H groups in total. The van der Waals surface area contributed by atoms with E-state index in [0.717, 1.165) is 16.8 Å². The summed E-state index contributed by atoms with van der Waals surface area (Å²) in [6.45, 7) is 5.22. The first-order chi connectivity index (χ1) is 7.99. The summed E-state index contributed by atoms with van der Waals surface area (Å²) in [5.41, 5.74) is 1.28. The zero-order chi connectivity index (χ0) is 12.2. The maximum absolute atomic E-state index is 12.3. The molecule has 1 atom stereocenters. The maximum atomic E-state index is 12.3. The number of rotatable bonds is 2. The second kappa shape index (κ2) is 3.53. The highest BCUT2D eigenvalue weighted by molar-refractivity contribution is 7.71. The zero-order valence-corrected chi connectivity index (χ0v) is 11.5. The largest absolute Gasteiger partial charge is 0.331 e. The molecule has 0 aliphatic heterocycles. The van der Waals surface area contributed by atoms with Gasteiger partial charge < -0.3 is 4.98 Å². The van der Waals surface area contributed by atoms with Crippen molar-refractivity contribution >= 4 is 33.8 Å². The number of nitrogens with zero attached hydrogens (tertiary/aromatic N) is 1. The van der Waals surface area contributed by atoms with Gasteiger partial charge in [0.05, 0.1) is 5.52 Å².